The van der Waals surface area contributed by atoms with E-state index >= 15 is 0 Å². The van der Waals surface area contributed by atoms with Gasteiger partial charge in [-0.1, -0.05) is 20.8 Å². The molecule has 2 unspecified atom stereocenters. The molecule has 1 saturated heterocycles. The Hall–Kier alpha value is -0.220. The molecule has 0 aromatic rings. The highest BCUT2D eigenvalue weighted by atomic mass is 32.2. The maximum Gasteiger partial charge on any atom is 0.236 e. The van der Waals surface area contributed by atoms with Gasteiger partial charge in [0.05, 0.1) is 6.54 Å². The van der Waals surface area contributed by atoms with Gasteiger partial charge in [0.25, 0.3) is 0 Å². The van der Waals surface area contributed by atoms with E-state index in [1.165, 1.54) is 0 Å². The van der Waals surface area contributed by atoms with Gasteiger partial charge in [0.15, 0.2) is 0 Å². The fourth-order valence-corrected chi connectivity index (χ4v) is 2.78. The molecule has 0 saturated carbocycles. The lowest BCUT2D eigenvalue weighted by Crippen LogP contribution is -2.51. The van der Waals surface area contributed by atoms with Crippen molar-refractivity contribution in [3.05, 3.63) is 0 Å². The van der Waals surface area contributed by atoms with Crippen LogP contribution in [0.1, 0.15) is 27.7 Å². The maximum absolute atomic E-state index is 11.9. The van der Waals surface area contributed by atoms with Crippen LogP contribution in [-0.2, 0) is 4.79 Å². The molecule has 1 amide bonds. The van der Waals surface area contributed by atoms with E-state index in [2.05, 4.69) is 33.0 Å². The fourth-order valence-electron chi connectivity index (χ4n) is 1.68. The van der Waals surface area contributed by atoms with Crippen LogP contribution >= 0.6 is 11.8 Å². The van der Waals surface area contributed by atoms with E-state index in [1.54, 1.807) is 0 Å². The van der Waals surface area contributed by atoms with E-state index in [0.717, 1.165) is 12.3 Å². The molecule has 0 aromatic heterocycles. The van der Waals surface area contributed by atoms with E-state index in [1.807, 2.05) is 16.7 Å². The van der Waals surface area contributed by atoms with Crippen molar-refractivity contribution in [3.8, 4) is 0 Å². The van der Waals surface area contributed by atoms with Gasteiger partial charge in [0, 0.05) is 29.6 Å². The molecular formula is C11H22N2OS. The van der Waals surface area contributed by atoms with Crippen LogP contribution in [0, 0.1) is 0 Å². The Morgan fingerprint density at radius 2 is 2.20 bits per heavy atom. The number of carbonyl (C=O) groups is 1. The second-order valence-electron chi connectivity index (χ2n) is 4.44. The van der Waals surface area contributed by atoms with Crippen molar-refractivity contribution in [2.24, 2.45) is 0 Å². The summed E-state index contributed by atoms with van der Waals surface area (Å²) >= 11 is 1.96. The molecule has 2 atom stereocenters. The highest BCUT2D eigenvalue weighted by Gasteiger charge is 2.28. The molecule has 15 heavy (non-hydrogen) atoms. The Kier molecular flexibility index (Phi) is 4.93. The Labute approximate surface area is 97.0 Å². The summed E-state index contributed by atoms with van der Waals surface area (Å²) in [5.41, 5.74) is 0. The topological polar surface area (TPSA) is 32.3 Å². The van der Waals surface area contributed by atoms with Gasteiger partial charge >= 0.3 is 0 Å². The van der Waals surface area contributed by atoms with Crippen molar-refractivity contribution in [3.63, 3.8) is 0 Å². The average molecular weight is 230 g/mol. The van der Waals surface area contributed by atoms with Gasteiger partial charge < -0.3 is 10.2 Å². The minimum atomic E-state index is 0.239. The van der Waals surface area contributed by atoms with Crippen molar-refractivity contribution in [2.75, 3.05) is 18.8 Å². The molecule has 1 aliphatic heterocycles. The number of rotatable bonds is 3. The molecule has 0 aliphatic carbocycles. The molecule has 1 aliphatic rings. The Balaban J connectivity index is 2.43. The minimum absolute atomic E-state index is 0.239. The largest absolute Gasteiger partial charge is 0.337 e. The predicted octanol–water partition coefficient (Wildman–Crippen LogP) is 1.34. The molecule has 1 N–H and O–H groups in total. The third kappa shape index (κ3) is 3.68. The zero-order valence-electron chi connectivity index (χ0n) is 10.1. The van der Waals surface area contributed by atoms with Crippen molar-refractivity contribution in [1.82, 2.24) is 10.2 Å². The smallest absolute Gasteiger partial charge is 0.236 e. The molecule has 1 heterocycles. The quantitative estimate of drug-likeness (QED) is 0.794. The highest BCUT2D eigenvalue weighted by molar-refractivity contribution is 8.00. The van der Waals surface area contributed by atoms with Crippen molar-refractivity contribution >= 4 is 17.7 Å². The lowest BCUT2D eigenvalue weighted by Gasteiger charge is -2.37. The molecule has 3 nitrogen and oxygen atoms in total. The maximum atomic E-state index is 11.9. The van der Waals surface area contributed by atoms with Crippen molar-refractivity contribution in [1.29, 1.82) is 0 Å². The lowest BCUT2D eigenvalue weighted by atomic mass is 10.2. The number of amides is 1. The molecule has 88 valence electrons. The third-order valence-electron chi connectivity index (χ3n) is 2.87. The van der Waals surface area contributed by atoms with E-state index < -0.39 is 0 Å². The molecule has 1 fully saturated rings. The summed E-state index contributed by atoms with van der Waals surface area (Å²) in [7, 11) is 0. The summed E-state index contributed by atoms with van der Waals surface area (Å²) in [4.78, 5) is 13.9. The zero-order chi connectivity index (χ0) is 11.4. The van der Waals surface area contributed by atoms with E-state index in [9.17, 15) is 4.79 Å². The van der Waals surface area contributed by atoms with Crippen LogP contribution in [0.2, 0.25) is 0 Å². The Bertz CT molecular complexity index is 221. The first-order valence-electron chi connectivity index (χ1n) is 5.67. The van der Waals surface area contributed by atoms with Crippen LogP contribution < -0.4 is 5.32 Å². The number of nitrogens with one attached hydrogen (secondary N) is 1. The SMILES string of the molecule is CC(C)NCC(=O)N1CCSC(C)C1C. The van der Waals surface area contributed by atoms with Gasteiger partial charge in [0.1, 0.15) is 0 Å². The van der Waals surface area contributed by atoms with Gasteiger partial charge in [-0.25, -0.2) is 0 Å². The Morgan fingerprint density at radius 3 is 2.80 bits per heavy atom. The van der Waals surface area contributed by atoms with Crippen LogP contribution in [0.25, 0.3) is 0 Å². The first-order valence-corrected chi connectivity index (χ1v) is 6.71. The molecule has 0 spiro atoms. The van der Waals surface area contributed by atoms with Crippen LogP contribution in [0.15, 0.2) is 0 Å². The predicted molar refractivity (Wildman–Crippen MR) is 66.2 cm³/mol. The minimum Gasteiger partial charge on any atom is -0.337 e. The van der Waals surface area contributed by atoms with Crippen LogP contribution in [-0.4, -0.2) is 47.0 Å². The van der Waals surface area contributed by atoms with Gasteiger partial charge in [-0.2, -0.15) is 11.8 Å². The normalized spacial score (nSPS) is 27.1. The summed E-state index contributed by atoms with van der Waals surface area (Å²) in [6.07, 6.45) is 0. The molecule has 1 rings (SSSR count). The summed E-state index contributed by atoms with van der Waals surface area (Å²) in [5.74, 6) is 1.31. The van der Waals surface area contributed by atoms with E-state index in [4.69, 9.17) is 0 Å². The number of nitrogens with zero attached hydrogens (tertiary/aromatic N) is 1. The Morgan fingerprint density at radius 1 is 1.53 bits per heavy atom. The molecule has 0 aromatic carbocycles. The van der Waals surface area contributed by atoms with Gasteiger partial charge in [-0.3, -0.25) is 4.79 Å². The summed E-state index contributed by atoms with van der Waals surface area (Å²) in [5, 5.41) is 3.74. The monoisotopic (exact) mass is 230 g/mol. The molecular weight excluding hydrogens is 208 g/mol. The van der Waals surface area contributed by atoms with E-state index in [-0.39, 0.29) is 5.91 Å². The zero-order valence-corrected chi connectivity index (χ0v) is 10.9. The average Bonchev–Trinajstić information content (AvgIpc) is 2.18. The first-order chi connectivity index (χ1) is 7.02. The van der Waals surface area contributed by atoms with Crippen LogP contribution in [0.3, 0.4) is 0 Å². The molecule has 0 radical (unpaired) electrons. The summed E-state index contributed by atoms with van der Waals surface area (Å²) in [6, 6.07) is 0.742. The van der Waals surface area contributed by atoms with E-state index in [0.29, 0.717) is 23.9 Å². The summed E-state index contributed by atoms with van der Waals surface area (Å²) < 4.78 is 0. The third-order valence-corrected chi connectivity index (χ3v) is 4.20. The lowest BCUT2D eigenvalue weighted by molar-refractivity contribution is -0.132. The number of hydrogen-bond acceptors (Lipinski definition) is 3. The second-order valence-corrected chi connectivity index (χ2v) is 5.92. The second kappa shape index (κ2) is 5.75. The van der Waals surface area contributed by atoms with Gasteiger partial charge in [-0.15, -0.1) is 0 Å². The van der Waals surface area contributed by atoms with Gasteiger partial charge in [0.2, 0.25) is 5.91 Å². The van der Waals surface area contributed by atoms with Crippen LogP contribution in [0.5, 0.6) is 0 Å². The summed E-state index contributed by atoms with van der Waals surface area (Å²) in [6.45, 7) is 9.83. The molecule has 0 bridgehead atoms. The number of thioether (sulfide) groups is 1. The first kappa shape index (κ1) is 12.8. The number of hydrogen-bond donors (Lipinski definition) is 1. The van der Waals surface area contributed by atoms with Crippen molar-refractivity contribution in [2.45, 2.75) is 45.0 Å². The van der Waals surface area contributed by atoms with Gasteiger partial charge in [-0.05, 0) is 6.92 Å². The van der Waals surface area contributed by atoms with Crippen LogP contribution in [0.4, 0.5) is 0 Å². The highest BCUT2D eigenvalue weighted by Crippen LogP contribution is 2.23. The fraction of sp³-hybridized carbons (Fsp3) is 0.909. The van der Waals surface area contributed by atoms with Crippen molar-refractivity contribution < 1.29 is 4.79 Å². The number of carbonyl (C=O) groups excluding carboxylic acids is 1. The molecule has 4 heteroatoms. The standard InChI is InChI=1S/C11H22N2OS/c1-8(2)12-7-11(14)13-5-6-15-10(4)9(13)3/h8-10,12H,5-7H2,1-4H3.